The van der Waals surface area contributed by atoms with Crippen LogP contribution < -0.4 is 0 Å². The molecule has 2 N–H and O–H groups in total. The molecule has 2 atom stereocenters. The molecule has 112 valence electrons. The molecule has 0 radical (unpaired) electrons. The fraction of sp³-hybridized carbons (Fsp3) is 0.867. The monoisotopic (exact) mass is 271 g/mol. The Kier molecular flexibility index (Phi) is 11.6. The average molecular weight is 271 g/mol. The van der Waals surface area contributed by atoms with Gasteiger partial charge >= 0.3 is 5.97 Å². The minimum absolute atomic E-state index is 0.111. The van der Waals surface area contributed by atoms with Crippen molar-refractivity contribution in [3.8, 4) is 0 Å². The van der Waals surface area contributed by atoms with E-state index in [4.69, 9.17) is 10.1 Å². The number of nitrogens with one attached hydrogen (secondary N) is 1. The van der Waals surface area contributed by atoms with Crippen LogP contribution in [-0.4, -0.2) is 30.0 Å². The molecule has 0 saturated heterocycles. The van der Waals surface area contributed by atoms with Gasteiger partial charge < -0.3 is 15.3 Å². The van der Waals surface area contributed by atoms with E-state index in [1.165, 1.54) is 0 Å². The Labute approximate surface area is 117 Å². The van der Waals surface area contributed by atoms with E-state index in [0.717, 1.165) is 38.5 Å². The molecule has 0 fully saturated rings. The van der Waals surface area contributed by atoms with Crippen molar-refractivity contribution in [2.75, 3.05) is 6.61 Å². The van der Waals surface area contributed by atoms with Crippen LogP contribution in [0.25, 0.3) is 0 Å². The van der Waals surface area contributed by atoms with Crippen molar-refractivity contribution < 1.29 is 14.6 Å². The van der Waals surface area contributed by atoms with Crippen LogP contribution in [0.3, 0.4) is 0 Å². The van der Waals surface area contributed by atoms with Gasteiger partial charge in [-0.25, -0.2) is 0 Å². The number of hydrogen-bond acceptors (Lipinski definition) is 4. The second-order valence-electron chi connectivity index (χ2n) is 4.99. The first kappa shape index (κ1) is 18.1. The van der Waals surface area contributed by atoms with Crippen molar-refractivity contribution in [3.63, 3.8) is 0 Å². The summed E-state index contributed by atoms with van der Waals surface area (Å²) in [7, 11) is 0. The second-order valence-corrected chi connectivity index (χ2v) is 4.99. The molecule has 2 unspecified atom stereocenters. The lowest BCUT2D eigenvalue weighted by Gasteiger charge is -2.10. The lowest BCUT2D eigenvalue weighted by Crippen LogP contribution is -2.15. The zero-order valence-electron chi connectivity index (χ0n) is 12.4. The molecule has 0 rings (SSSR count). The number of hydrogen-bond donors (Lipinski definition) is 2. The summed E-state index contributed by atoms with van der Waals surface area (Å²) in [6, 6.07) is 0. The van der Waals surface area contributed by atoms with Crippen molar-refractivity contribution >= 4 is 12.2 Å². The summed E-state index contributed by atoms with van der Waals surface area (Å²) in [4.78, 5) is 11.1. The van der Waals surface area contributed by atoms with Crippen molar-refractivity contribution in [3.05, 3.63) is 0 Å². The predicted octanol–water partition coefficient (Wildman–Crippen LogP) is 3.32. The highest BCUT2D eigenvalue weighted by Crippen LogP contribution is 2.14. The lowest BCUT2D eigenvalue weighted by molar-refractivity contribution is -0.145. The number of unbranched alkanes of at least 4 members (excludes halogenated alkanes) is 3. The van der Waals surface area contributed by atoms with Gasteiger partial charge in [0.2, 0.25) is 0 Å². The number of rotatable bonds is 12. The molecule has 0 amide bonds. The molecule has 19 heavy (non-hydrogen) atoms. The van der Waals surface area contributed by atoms with E-state index in [1.54, 1.807) is 13.1 Å². The van der Waals surface area contributed by atoms with Crippen LogP contribution in [0.4, 0.5) is 0 Å². The zero-order chi connectivity index (χ0) is 14.5. The molecule has 0 aromatic rings. The summed E-state index contributed by atoms with van der Waals surface area (Å²) in [5, 5.41) is 16.9. The molecule has 4 heteroatoms. The van der Waals surface area contributed by atoms with Gasteiger partial charge in [0.05, 0.1) is 19.1 Å². The number of carbonyl (C=O) groups excluding carboxylic acids is 1. The largest absolute Gasteiger partial charge is 0.466 e. The molecular formula is C15H29NO3. The zero-order valence-corrected chi connectivity index (χ0v) is 12.4. The average Bonchev–Trinajstić information content (AvgIpc) is 2.38. The first-order valence-electron chi connectivity index (χ1n) is 7.48. The van der Waals surface area contributed by atoms with Gasteiger partial charge in [-0.15, -0.1) is 0 Å². The van der Waals surface area contributed by atoms with Gasteiger partial charge in [0.15, 0.2) is 0 Å². The highest BCUT2D eigenvalue weighted by Gasteiger charge is 2.11. The summed E-state index contributed by atoms with van der Waals surface area (Å²) in [6.45, 7) is 4.25. The van der Waals surface area contributed by atoms with E-state index in [0.29, 0.717) is 18.9 Å². The molecule has 0 spiro atoms. The second kappa shape index (κ2) is 12.2. The lowest BCUT2D eigenvalue weighted by atomic mass is 9.99. The van der Waals surface area contributed by atoms with Crippen molar-refractivity contribution in [1.82, 2.24) is 0 Å². The minimum atomic E-state index is -0.566. The summed E-state index contributed by atoms with van der Waals surface area (Å²) in [5.74, 6) is 0.112. The Morgan fingerprint density at radius 2 is 1.84 bits per heavy atom. The van der Waals surface area contributed by atoms with E-state index < -0.39 is 6.10 Å². The summed E-state index contributed by atoms with van der Waals surface area (Å²) < 4.78 is 4.79. The van der Waals surface area contributed by atoms with Crippen LogP contribution in [-0.2, 0) is 9.53 Å². The van der Waals surface area contributed by atoms with Crippen LogP contribution in [0.1, 0.15) is 65.2 Å². The number of esters is 1. The molecule has 0 aliphatic rings. The van der Waals surface area contributed by atoms with E-state index in [9.17, 15) is 9.90 Å². The maximum atomic E-state index is 11.1. The Morgan fingerprint density at radius 1 is 1.21 bits per heavy atom. The smallest absolute Gasteiger partial charge is 0.308 e. The minimum Gasteiger partial charge on any atom is -0.466 e. The van der Waals surface area contributed by atoms with E-state index >= 15 is 0 Å². The fourth-order valence-corrected chi connectivity index (χ4v) is 2.06. The van der Waals surface area contributed by atoms with Crippen molar-refractivity contribution in [1.29, 1.82) is 5.41 Å². The van der Waals surface area contributed by atoms with Crippen molar-refractivity contribution in [2.45, 2.75) is 71.3 Å². The Bertz CT molecular complexity index is 244. The van der Waals surface area contributed by atoms with Crippen LogP contribution in [0.15, 0.2) is 0 Å². The topological polar surface area (TPSA) is 70.4 Å². The maximum absolute atomic E-state index is 11.1. The molecule has 0 saturated carbocycles. The molecule has 0 aromatic carbocycles. The first-order valence-corrected chi connectivity index (χ1v) is 7.48. The third-order valence-corrected chi connectivity index (χ3v) is 3.33. The first-order chi connectivity index (χ1) is 9.13. The Balaban J connectivity index is 3.43. The molecule has 0 heterocycles. The third kappa shape index (κ3) is 10.7. The van der Waals surface area contributed by atoms with Gasteiger partial charge in [-0.2, -0.15) is 0 Å². The van der Waals surface area contributed by atoms with Crippen LogP contribution in [0.2, 0.25) is 0 Å². The van der Waals surface area contributed by atoms with Gasteiger partial charge in [0, 0.05) is 0 Å². The van der Waals surface area contributed by atoms with Gasteiger partial charge in [0.25, 0.3) is 0 Å². The maximum Gasteiger partial charge on any atom is 0.308 e. The molecule has 0 aromatic heterocycles. The molecule has 4 nitrogen and oxygen atoms in total. The third-order valence-electron chi connectivity index (χ3n) is 3.33. The normalized spacial score (nSPS) is 13.8. The van der Waals surface area contributed by atoms with Crippen LogP contribution >= 0.6 is 0 Å². The van der Waals surface area contributed by atoms with Gasteiger partial charge in [-0.3, -0.25) is 4.79 Å². The SMILES string of the molecule is CCOC(=O)CC(O)CCCCCCC(C=N)CC. The highest BCUT2D eigenvalue weighted by molar-refractivity contribution is 5.69. The molecule has 0 bridgehead atoms. The summed E-state index contributed by atoms with van der Waals surface area (Å²) >= 11 is 0. The van der Waals surface area contributed by atoms with Gasteiger partial charge in [0.1, 0.15) is 0 Å². The van der Waals surface area contributed by atoms with Crippen molar-refractivity contribution in [2.24, 2.45) is 5.92 Å². The summed E-state index contributed by atoms with van der Waals surface area (Å²) in [6.07, 6.45) is 8.19. The number of carbonyl (C=O) groups is 1. The van der Waals surface area contributed by atoms with Gasteiger partial charge in [-0.1, -0.05) is 32.6 Å². The summed E-state index contributed by atoms with van der Waals surface area (Å²) in [5.41, 5.74) is 0. The molecular weight excluding hydrogens is 242 g/mol. The Morgan fingerprint density at radius 3 is 2.37 bits per heavy atom. The van der Waals surface area contributed by atoms with Crippen LogP contribution in [0, 0.1) is 11.3 Å². The quantitative estimate of drug-likeness (QED) is 0.325. The standard InChI is InChI=1S/C15H29NO3/c1-3-13(12-16)9-7-5-6-8-10-14(17)11-15(18)19-4-2/h12-14,16-17H,3-11H2,1-2H3. The van der Waals surface area contributed by atoms with E-state index in [1.807, 2.05) is 0 Å². The predicted molar refractivity (Wildman–Crippen MR) is 77.5 cm³/mol. The van der Waals surface area contributed by atoms with E-state index in [-0.39, 0.29) is 12.4 Å². The van der Waals surface area contributed by atoms with Gasteiger partial charge in [-0.05, 0) is 38.3 Å². The van der Waals surface area contributed by atoms with Crippen LogP contribution in [0.5, 0.6) is 0 Å². The molecule has 0 aliphatic carbocycles. The Hall–Kier alpha value is -0.900. The number of aliphatic hydroxyl groups is 1. The van der Waals surface area contributed by atoms with E-state index in [2.05, 4.69) is 6.92 Å². The number of ether oxygens (including phenoxy) is 1. The molecule has 0 aliphatic heterocycles. The highest BCUT2D eigenvalue weighted by atomic mass is 16.5. The fourth-order valence-electron chi connectivity index (χ4n) is 2.06. The number of aliphatic hydroxyl groups excluding tert-OH is 1.